The Morgan fingerprint density at radius 2 is 2.24 bits per heavy atom. The Kier molecular flexibility index (Phi) is 2.93. The molecule has 1 fully saturated rings. The third-order valence-electron chi connectivity index (χ3n) is 3.47. The number of primary amides is 1. The number of hydrogen-bond donors (Lipinski definition) is 3. The summed E-state index contributed by atoms with van der Waals surface area (Å²) in [4.78, 5) is 23.2. The molecule has 0 radical (unpaired) electrons. The maximum Gasteiger partial charge on any atom is 0.321 e. The van der Waals surface area contributed by atoms with Crippen molar-refractivity contribution in [2.45, 2.75) is 18.4 Å². The van der Waals surface area contributed by atoms with E-state index in [1.807, 2.05) is 0 Å². The molecule has 110 valence electrons. The van der Waals surface area contributed by atoms with E-state index in [9.17, 15) is 9.59 Å². The van der Waals surface area contributed by atoms with Crippen molar-refractivity contribution in [1.82, 2.24) is 15.1 Å². The molecule has 3 rings (SSSR count). The Morgan fingerprint density at radius 3 is 2.81 bits per heavy atom. The van der Waals surface area contributed by atoms with Crippen LogP contribution in [0.5, 0.6) is 0 Å². The summed E-state index contributed by atoms with van der Waals surface area (Å²) >= 11 is 0. The minimum absolute atomic E-state index is 0.485. The van der Waals surface area contributed by atoms with Crippen LogP contribution in [0.2, 0.25) is 0 Å². The second kappa shape index (κ2) is 4.65. The summed E-state index contributed by atoms with van der Waals surface area (Å²) in [6.07, 6.45) is 2.69. The van der Waals surface area contributed by atoms with Crippen LogP contribution in [0.4, 0.5) is 10.6 Å². The molecule has 0 atom stereocenters. The van der Waals surface area contributed by atoms with Gasteiger partial charge in [-0.2, -0.15) is 5.10 Å². The fourth-order valence-electron chi connectivity index (χ4n) is 2.05. The number of anilines is 1. The number of nitrogens with zero attached hydrogens (tertiary/aromatic N) is 2. The zero-order valence-electron chi connectivity index (χ0n) is 11.4. The Hall–Kier alpha value is -2.77. The standard InChI is InChI=1S/C13H15N5O3/c1-18-10(7-8(17-18)9-3-2-6-21-9)15-12(20)16-13(4-5-13)11(14)19/h2-3,6-7H,4-5H2,1H3,(H2,14,19)(H2,15,16,20). The molecule has 8 nitrogen and oxygen atoms in total. The van der Waals surface area contributed by atoms with Crippen molar-refractivity contribution in [2.75, 3.05) is 5.32 Å². The summed E-state index contributed by atoms with van der Waals surface area (Å²) in [7, 11) is 1.70. The lowest BCUT2D eigenvalue weighted by Gasteiger charge is -2.14. The number of rotatable bonds is 4. The van der Waals surface area contributed by atoms with Crippen LogP contribution in [0.25, 0.3) is 11.5 Å². The van der Waals surface area contributed by atoms with E-state index >= 15 is 0 Å². The first kappa shape index (κ1) is 13.2. The van der Waals surface area contributed by atoms with Crippen LogP contribution >= 0.6 is 0 Å². The Bertz CT molecular complexity index is 685. The SMILES string of the molecule is Cn1nc(-c2ccco2)cc1NC(=O)NC1(C(N)=O)CC1. The average molecular weight is 289 g/mol. The zero-order valence-corrected chi connectivity index (χ0v) is 11.4. The van der Waals surface area contributed by atoms with Crippen LogP contribution in [-0.4, -0.2) is 27.3 Å². The quantitative estimate of drug-likeness (QED) is 0.772. The van der Waals surface area contributed by atoms with Gasteiger partial charge >= 0.3 is 6.03 Å². The molecule has 0 bridgehead atoms. The van der Waals surface area contributed by atoms with Crippen LogP contribution in [0.3, 0.4) is 0 Å². The number of nitrogens with two attached hydrogens (primary N) is 1. The van der Waals surface area contributed by atoms with Gasteiger partial charge in [-0.3, -0.25) is 14.8 Å². The number of nitrogens with one attached hydrogen (secondary N) is 2. The number of aryl methyl sites for hydroxylation is 1. The van der Waals surface area contributed by atoms with Gasteiger partial charge in [0.05, 0.1) is 6.26 Å². The van der Waals surface area contributed by atoms with Gasteiger partial charge in [0.25, 0.3) is 0 Å². The van der Waals surface area contributed by atoms with E-state index in [2.05, 4.69) is 15.7 Å². The molecule has 0 unspecified atom stereocenters. The molecule has 2 aromatic rings. The van der Waals surface area contributed by atoms with Crippen LogP contribution in [0.15, 0.2) is 28.9 Å². The number of amides is 3. The highest BCUT2D eigenvalue weighted by Gasteiger charge is 2.50. The molecule has 0 aliphatic heterocycles. The van der Waals surface area contributed by atoms with Crippen molar-refractivity contribution in [3.63, 3.8) is 0 Å². The van der Waals surface area contributed by atoms with Crippen molar-refractivity contribution < 1.29 is 14.0 Å². The van der Waals surface area contributed by atoms with E-state index in [4.69, 9.17) is 10.2 Å². The van der Waals surface area contributed by atoms with Crippen LogP contribution in [0.1, 0.15) is 12.8 Å². The molecule has 3 amide bonds. The van der Waals surface area contributed by atoms with E-state index in [1.165, 1.54) is 4.68 Å². The highest BCUT2D eigenvalue weighted by molar-refractivity contribution is 5.97. The third-order valence-corrected chi connectivity index (χ3v) is 3.47. The maximum atomic E-state index is 11.9. The molecule has 1 aliphatic carbocycles. The third kappa shape index (κ3) is 2.47. The Labute approximate surface area is 120 Å². The summed E-state index contributed by atoms with van der Waals surface area (Å²) in [5, 5.41) is 9.48. The smallest absolute Gasteiger partial charge is 0.321 e. The van der Waals surface area contributed by atoms with Crippen molar-refractivity contribution in [1.29, 1.82) is 0 Å². The van der Waals surface area contributed by atoms with Crippen LogP contribution in [0, 0.1) is 0 Å². The van der Waals surface area contributed by atoms with E-state index < -0.39 is 17.5 Å². The van der Waals surface area contributed by atoms with Crippen molar-refractivity contribution in [3.8, 4) is 11.5 Å². The van der Waals surface area contributed by atoms with E-state index in [-0.39, 0.29) is 0 Å². The molecule has 21 heavy (non-hydrogen) atoms. The number of urea groups is 1. The van der Waals surface area contributed by atoms with Gasteiger partial charge in [-0.1, -0.05) is 0 Å². The first-order chi connectivity index (χ1) is 10.00. The molecular formula is C13H15N5O3. The minimum Gasteiger partial charge on any atom is -0.463 e. The van der Waals surface area contributed by atoms with Gasteiger partial charge in [0, 0.05) is 13.1 Å². The topological polar surface area (TPSA) is 115 Å². The van der Waals surface area contributed by atoms with Gasteiger partial charge in [-0.05, 0) is 25.0 Å². The van der Waals surface area contributed by atoms with Gasteiger partial charge in [-0.15, -0.1) is 0 Å². The molecule has 4 N–H and O–H groups in total. The summed E-state index contributed by atoms with van der Waals surface area (Å²) < 4.78 is 6.76. The second-order valence-corrected chi connectivity index (χ2v) is 5.04. The van der Waals surface area contributed by atoms with Crippen molar-refractivity contribution in [3.05, 3.63) is 24.5 Å². The normalized spacial score (nSPS) is 15.5. The van der Waals surface area contributed by atoms with Crippen LogP contribution < -0.4 is 16.4 Å². The number of furan rings is 1. The summed E-state index contributed by atoms with van der Waals surface area (Å²) in [6, 6.07) is 4.73. The molecule has 2 aromatic heterocycles. The number of aromatic nitrogens is 2. The molecule has 8 heteroatoms. The molecule has 1 aliphatic rings. The highest BCUT2D eigenvalue weighted by atomic mass is 16.3. The predicted octanol–water partition coefficient (Wildman–Crippen LogP) is 0.819. The lowest BCUT2D eigenvalue weighted by molar-refractivity contribution is -0.120. The maximum absolute atomic E-state index is 11.9. The summed E-state index contributed by atoms with van der Waals surface area (Å²) in [5.74, 6) is 0.577. The first-order valence-electron chi connectivity index (χ1n) is 6.47. The summed E-state index contributed by atoms with van der Waals surface area (Å²) in [6.45, 7) is 0. The molecule has 1 saturated carbocycles. The van der Waals surface area contributed by atoms with Gasteiger partial charge in [0.1, 0.15) is 17.1 Å². The van der Waals surface area contributed by atoms with E-state index in [1.54, 1.807) is 31.5 Å². The van der Waals surface area contributed by atoms with E-state index in [0.717, 1.165) is 0 Å². The minimum atomic E-state index is -0.896. The van der Waals surface area contributed by atoms with E-state index in [0.29, 0.717) is 30.1 Å². The summed E-state index contributed by atoms with van der Waals surface area (Å²) in [5.41, 5.74) is 4.97. The van der Waals surface area contributed by atoms with Crippen LogP contribution in [-0.2, 0) is 11.8 Å². The monoisotopic (exact) mass is 289 g/mol. The molecule has 0 saturated heterocycles. The lowest BCUT2D eigenvalue weighted by atomic mass is 10.2. The molecular weight excluding hydrogens is 274 g/mol. The number of hydrogen-bond acceptors (Lipinski definition) is 4. The molecule has 2 heterocycles. The van der Waals surface area contributed by atoms with Gasteiger partial charge in [-0.25, -0.2) is 4.79 Å². The number of carbonyl (C=O) groups excluding carboxylic acids is 2. The van der Waals surface area contributed by atoms with Gasteiger partial charge in [0.2, 0.25) is 5.91 Å². The lowest BCUT2D eigenvalue weighted by Crippen LogP contribution is -2.48. The highest BCUT2D eigenvalue weighted by Crippen LogP contribution is 2.34. The van der Waals surface area contributed by atoms with Gasteiger partial charge in [0.15, 0.2) is 5.76 Å². The second-order valence-electron chi connectivity index (χ2n) is 5.04. The Morgan fingerprint density at radius 1 is 1.48 bits per heavy atom. The fourth-order valence-corrected chi connectivity index (χ4v) is 2.05. The Balaban J connectivity index is 1.71. The molecule has 0 spiro atoms. The zero-order chi connectivity index (χ0) is 15.0. The first-order valence-corrected chi connectivity index (χ1v) is 6.47. The largest absolute Gasteiger partial charge is 0.463 e. The molecule has 0 aromatic carbocycles. The van der Waals surface area contributed by atoms with Crippen molar-refractivity contribution in [2.24, 2.45) is 12.8 Å². The average Bonchev–Trinajstić information content (AvgIpc) is 2.86. The fraction of sp³-hybridized carbons (Fsp3) is 0.308. The predicted molar refractivity (Wildman–Crippen MR) is 74.2 cm³/mol. The van der Waals surface area contributed by atoms with Crippen molar-refractivity contribution >= 4 is 17.8 Å². The van der Waals surface area contributed by atoms with Gasteiger partial charge < -0.3 is 15.5 Å². The number of carbonyl (C=O) groups is 2.